The number of ether oxygens (including phenoxy) is 1. The maximum atomic E-state index is 13.4. The molecule has 2 aromatic carbocycles. The number of carbonyl (C=O) groups excluding carboxylic acids is 2. The molecule has 0 bridgehead atoms. The number of rotatable bonds is 3. The molecule has 7 heteroatoms. The Kier molecular flexibility index (Phi) is 4.67. The zero-order valence-corrected chi connectivity index (χ0v) is 11.5. The summed E-state index contributed by atoms with van der Waals surface area (Å²) < 4.78 is 31.3. The minimum atomic E-state index is -0.760. The molecule has 2 rings (SSSR count). The minimum absolute atomic E-state index is 0.252. The second-order valence-corrected chi connectivity index (χ2v) is 4.32. The van der Waals surface area contributed by atoms with Gasteiger partial charge in [-0.15, -0.1) is 0 Å². The van der Waals surface area contributed by atoms with Crippen molar-refractivity contribution >= 4 is 23.4 Å². The first-order valence-electron chi connectivity index (χ1n) is 6.25. The molecule has 2 amide bonds. The summed E-state index contributed by atoms with van der Waals surface area (Å²) >= 11 is 0. The van der Waals surface area contributed by atoms with E-state index in [9.17, 15) is 18.4 Å². The Morgan fingerprint density at radius 1 is 1.05 bits per heavy atom. The molecule has 22 heavy (non-hydrogen) atoms. The molecule has 0 saturated heterocycles. The Morgan fingerprint density at radius 3 is 2.55 bits per heavy atom. The van der Waals surface area contributed by atoms with Gasteiger partial charge >= 0.3 is 12.0 Å². The van der Waals surface area contributed by atoms with Gasteiger partial charge in [-0.2, -0.15) is 0 Å². The first-order chi connectivity index (χ1) is 10.4. The third kappa shape index (κ3) is 4.27. The fraction of sp³-hybridized carbons (Fsp3) is 0.0667. The lowest BCUT2D eigenvalue weighted by atomic mass is 10.3. The van der Waals surface area contributed by atoms with Crippen LogP contribution in [0, 0.1) is 11.6 Å². The van der Waals surface area contributed by atoms with Crippen LogP contribution in [0.1, 0.15) is 6.92 Å². The van der Waals surface area contributed by atoms with Crippen molar-refractivity contribution in [1.82, 2.24) is 0 Å². The molecule has 0 aliphatic carbocycles. The van der Waals surface area contributed by atoms with Gasteiger partial charge in [0.2, 0.25) is 0 Å². The van der Waals surface area contributed by atoms with Gasteiger partial charge in [0.25, 0.3) is 0 Å². The largest absolute Gasteiger partial charge is 0.427 e. The molecule has 0 aliphatic rings. The van der Waals surface area contributed by atoms with Crippen molar-refractivity contribution in [3.8, 4) is 5.75 Å². The van der Waals surface area contributed by atoms with E-state index < -0.39 is 23.6 Å². The highest BCUT2D eigenvalue weighted by atomic mass is 19.1. The number of halogens is 2. The third-order valence-corrected chi connectivity index (χ3v) is 2.53. The van der Waals surface area contributed by atoms with E-state index >= 15 is 0 Å². The van der Waals surface area contributed by atoms with Gasteiger partial charge in [0.15, 0.2) is 0 Å². The number of nitrogens with one attached hydrogen (secondary N) is 2. The maximum absolute atomic E-state index is 13.4. The molecule has 0 fully saturated rings. The van der Waals surface area contributed by atoms with Crippen LogP contribution in [-0.2, 0) is 4.79 Å². The second-order valence-electron chi connectivity index (χ2n) is 4.32. The summed E-state index contributed by atoms with van der Waals surface area (Å²) in [4.78, 5) is 22.6. The van der Waals surface area contributed by atoms with Gasteiger partial charge in [-0.1, -0.05) is 6.07 Å². The molecule has 2 aromatic rings. The first kappa shape index (κ1) is 15.4. The highest BCUT2D eigenvalue weighted by Crippen LogP contribution is 2.19. The molecular weight excluding hydrogens is 294 g/mol. The molecule has 0 unspecified atom stereocenters. The topological polar surface area (TPSA) is 67.4 Å². The van der Waals surface area contributed by atoms with Crippen LogP contribution in [0.4, 0.5) is 25.0 Å². The van der Waals surface area contributed by atoms with Crippen molar-refractivity contribution in [3.05, 3.63) is 54.1 Å². The quantitative estimate of drug-likeness (QED) is 0.673. The maximum Gasteiger partial charge on any atom is 0.323 e. The molecule has 0 aliphatic heterocycles. The summed E-state index contributed by atoms with van der Waals surface area (Å²) in [5.74, 6) is -1.68. The van der Waals surface area contributed by atoms with Crippen LogP contribution in [0.15, 0.2) is 42.5 Å². The van der Waals surface area contributed by atoms with E-state index in [0.29, 0.717) is 5.69 Å². The Morgan fingerprint density at radius 2 is 1.82 bits per heavy atom. The molecule has 0 spiro atoms. The van der Waals surface area contributed by atoms with Gasteiger partial charge < -0.3 is 15.4 Å². The van der Waals surface area contributed by atoms with Crippen molar-refractivity contribution in [1.29, 1.82) is 0 Å². The third-order valence-electron chi connectivity index (χ3n) is 2.53. The molecule has 0 atom stereocenters. The van der Waals surface area contributed by atoms with Crippen LogP contribution in [0.2, 0.25) is 0 Å². The zero-order valence-electron chi connectivity index (χ0n) is 11.5. The van der Waals surface area contributed by atoms with Crippen molar-refractivity contribution in [2.45, 2.75) is 6.92 Å². The molecule has 0 aromatic heterocycles. The van der Waals surface area contributed by atoms with E-state index in [-0.39, 0.29) is 11.4 Å². The van der Waals surface area contributed by atoms with E-state index in [1.165, 1.54) is 19.1 Å². The molecule has 0 heterocycles. The lowest BCUT2D eigenvalue weighted by molar-refractivity contribution is -0.131. The molecule has 0 saturated carbocycles. The molecular formula is C15H12F2N2O3. The Bertz CT molecular complexity index is 720. The Labute approximate surface area is 124 Å². The number of anilines is 2. The Balaban J connectivity index is 2.05. The number of benzene rings is 2. The standard InChI is InChI=1S/C15H12F2N2O3/c1-9(20)22-12-4-2-3-11(8-12)18-15(21)19-14-7-10(16)5-6-13(14)17/h2-8H,1H3,(H2,18,19,21). The van der Waals surface area contributed by atoms with Gasteiger partial charge in [-0.3, -0.25) is 4.79 Å². The smallest absolute Gasteiger partial charge is 0.323 e. The number of amides is 2. The van der Waals surface area contributed by atoms with Crippen molar-refractivity contribution in [2.75, 3.05) is 10.6 Å². The molecule has 5 nitrogen and oxygen atoms in total. The Hall–Kier alpha value is -2.96. The fourth-order valence-corrected chi connectivity index (χ4v) is 1.68. The van der Waals surface area contributed by atoms with Crippen LogP contribution in [0.5, 0.6) is 5.75 Å². The summed E-state index contributed by atoms with van der Waals surface area (Å²) in [6.45, 7) is 1.25. The van der Waals surface area contributed by atoms with Crippen LogP contribution in [0.3, 0.4) is 0 Å². The lowest BCUT2D eigenvalue weighted by Gasteiger charge is -2.09. The molecule has 114 valence electrons. The number of hydrogen-bond donors (Lipinski definition) is 2. The fourth-order valence-electron chi connectivity index (χ4n) is 1.68. The van der Waals surface area contributed by atoms with Crippen molar-refractivity contribution in [3.63, 3.8) is 0 Å². The summed E-state index contributed by atoms with van der Waals surface area (Å²) in [6, 6.07) is 8.03. The van der Waals surface area contributed by atoms with E-state index in [0.717, 1.165) is 18.2 Å². The summed E-state index contributed by atoms with van der Waals surface area (Å²) in [6.07, 6.45) is 0. The van der Waals surface area contributed by atoms with E-state index in [4.69, 9.17) is 4.74 Å². The number of carbonyl (C=O) groups is 2. The summed E-state index contributed by atoms with van der Waals surface area (Å²) in [5, 5.41) is 4.61. The summed E-state index contributed by atoms with van der Waals surface area (Å²) in [7, 11) is 0. The summed E-state index contributed by atoms with van der Waals surface area (Å²) in [5.41, 5.74) is 0.0432. The highest BCUT2D eigenvalue weighted by Gasteiger charge is 2.09. The average Bonchev–Trinajstić information content (AvgIpc) is 2.42. The van der Waals surface area contributed by atoms with Gasteiger partial charge in [-0.25, -0.2) is 13.6 Å². The van der Waals surface area contributed by atoms with Gasteiger partial charge in [-0.05, 0) is 24.3 Å². The average molecular weight is 306 g/mol. The van der Waals surface area contributed by atoms with Gasteiger partial charge in [0.05, 0.1) is 5.69 Å². The number of esters is 1. The lowest BCUT2D eigenvalue weighted by Crippen LogP contribution is -2.20. The predicted molar refractivity (Wildman–Crippen MR) is 76.8 cm³/mol. The predicted octanol–water partition coefficient (Wildman–Crippen LogP) is 3.53. The second kappa shape index (κ2) is 6.66. The SMILES string of the molecule is CC(=O)Oc1cccc(NC(=O)Nc2cc(F)ccc2F)c1. The van der Waals surface area contributed by atoms with Crippen LogP contribution < -0.4 is 15.4 Å². The highest BCUT2D eigenvalue weighted by molar-refractivity contribution is 5.99. The van der Waals surface area contributed by atoms with E-state index in [1.54, 1.807) is 12.1 Å². The number of hydrogen-bond acceptors (Lipinski definition) is 3. The van der Waals surface area contributed by atoms with Gasteiger partial charge in [0.1, 0.15) is 17.4 Å². The molecule has 0 radical (unpaired) electrons. The monoisotopic (exact) mass is 306 g/mol. The van der Waals surface area contributed by atoms with E-state index in [2.05, 4.69) is 10.6 Å². The number of urea groups is 1. The minimum Gasteiger partial charge on any atom is -0.427 e. The van der Waals surface area contributed by atoms with Crippen LogP contribution >= 0.6 is 0 Å². The van der Waals surface area contributed by atoms with Crippen LogP contribution in [-0.4, -0.2) is 12.0 Å². The normalized spacial score (nSPS) is 9.95. The van der Waals surface area contributed by atoms with E-state index in [1.807, 2.05) is 0 Å². The first-order valence-corrected chi connectivity index (χ1v) is 6.25. The van der Waals surface area contributed by atoms with Crippen LogP contribution in [0.25, 0.3) is 0 Å². The van der Waals surface area contributed by atoms with Gasteiger partial charge in [0, 0.05) is 24.7 Å². The molecule has 2 N–H and O–H groups in total. The van der Waals surface area contributed by atoms with Crippen molar-refractivity contribution < 1.29 is 23.1 Å². The van der Waals surface area contributed by atoms with Crippen molar-refractivity contribution in [2.24, 2.45) is 0 Å². The zero-order chi connectivity index (χ0) is 16.1.